The van der Waals surface area contributed by atoms with Gasteiger partial charge in [-0.15, -0.1) is 10.2 Å². The van der Waals surface area contributed by atoms with Crippen molar-refractivity contribution >= 4 is 5.97 Å². The Bertz CT molecular complexity index is 568. The van der Waals surface area contributed by atoms with Crippen LogP contribution in [0.3, 0.4) is 0 Å². The standard InChI is InChI=1S/C14H17N3O3/c1-10(14(18)19)8-17(2)9-12-15-16-13(20-12)11-6-4-3-5-7-11/h3-7,10H,8-9H2,1-2H3,(H,18,19). The minimum Gasteiger partial charge on any atom is -0.481 e. The quantitative estimate of drug-likeness (QED) is 0.867. The van der Waals surface area contributed by atoms with Crippen LogP contribution in [-0.4, -0.2) is 39.8 Å². The molecule has 0 radical (unpaired) electrons. The first-order valence-electron chi connectivity index (χ1n) is 6.35. The van der Waals surface area contributed by atoms with E-state index in [1.807, 2.05) is 42.3 Å². The monoisotopic (exact) mass is 275 g/mol. The Kier molecular flexibility index (Phi) is 4.47. The fraction of sp³-hybridized carbons (Fsp3) is 0.357. The molecule has 2 rings (SSSR count). The van der Waals surface area contributed by atoms with E-state index in [4.69, 9.17) is 9.52 Å². The van der Waals surface area contributed by atoms with E-state index < -0.39 is 11.9 Å². The molecule has 106 valence electrons. The summed E-state index contributed by atoms with van der Waals surface area (Å²) < 4.78 is 5.57. The molecule has 6 heteroatoms. The minimum atomic E-state index is -0.813. The lowest BCUT2D eigenvalue weighted by atomic mass is 10.2. The third kappa shape index (κ3) is 3.64. The summed E-state index contributed by atoms with van der Waals surface area (Å²) >= 11 is 0. The Balaban J connectivity index is 1.98. The largest absolute Gasteiger partial charge is 0.481 e. The second kappa shape index (κ2) is 6.29. The molecule has 0 aliphatic rings. The number of aliphatic carboxylic acids is 1. The molecule has 0 saturated carbocycles. The zero-order valence-corrected chi connectivity index (χ0v) is 11.5. The average molecular weight is 275 g/mol. The summed E-state index contributed by atoms with van der Waals surface area (Å²) in [5.41, 5.74) is 0.868. The van der Waals surface area contributed by atoms with Gasteiger partial charge in [0.25, 0.3) is 0 Å². The molecule has 20 heavy (non-hydrogen) atoms. The van der Waals surface area contributed by atoms with Crippen molar-refractivity contribution < 1.29 is 14.3 Å². The topological polar surface area (TPSA) is 79.5 Å². The van der Waals surface area contributed by atoms with E-state index >= 15 is 0 Å². The molecule has 1 N–H and O–H groups in total. The summed E-state index contributed by atoms with van der Waals surface area (Å²) in [6, 6.07) is 9.52. The van der Waals surface area contributed by atoms with E-state index in [2.05, 4.69) is 10.2 Å². The SMILES string of the molecule is CC(CN(C)Cc1nnc(-c2ccccc2)o1)C(=O)O. The van der Waals surface area contributed by atoms with Gasteiger partial charge in [-0.1, -0.05) is 25.1 Å². The minimum absolute atomic E-state index is 0.428. The van der Waals surface area contributed by atoms with E-state index in [1.54, 1.807) is 6.92 Å². The second-order valence-electron chi connectivity index (χ2n) is 4.80. The highest BCUT2D eigenvalue weighted by atomic mass is 16.4. The highest BCUT2D eigenvalue weighted by molar-refractivity contribution is 5.69. The maximum Gasteiger partial charge on any atom is 0.307 e. The molecule has 1 heterocycles. The Hall–Kier alpha value is -2.21. The van der Waals surface area contributed by atoms with Gasteiger partial charge in [0.2, 0.25) is 11.8 Å². The van der Waals surface area contributed by atoms with Crippen LogP contribution in [-0.2, 0) is 11.3 Å². The van der Waals surface area contributed by atoms with E-state index in [9.17, 15) is 4.79 Å². The smallest absolute Gasteiger partial charge is 0.307 e. The summed E-state index contributed by atoms with van der Waals surface area (Å²) in [6.45, 7) is 2.53. The van der Waals surface area contributed by atoms with Gasteiger partial charge in [0, 0.05) is 12.1 Å². The molecule has 0 aliphatic carbocycles. The van der Waals surface area contributed by atoms with Gasteiger partial charge in [-0.25, -0.2) is 0 Å². The Morgan fingerprint density at radius 1 is 1.35 bits per heavy atom. The third-order valence-electron chi connectivity index (χ3n) is 2.90. The number of hydrogen-bond acceptors (Lipinski definition) is 5. The third-order valence-corrected chi connectivity index (χ3v) is 2.90. The van der Waals surface area contributed by atoms with Gasteiger partial charge in [0.05, 0.1) is 12.5 Å². The zero-order chi connectivity index (χ0) is 14.5. The van der Waals surface area contributed by atoms with Gasteiger partial charge in [-0.3, -0.25) is 9.69 Å². The molecule has 1 aromatic carbocycles. The first-order valence-corrected chi connectivity index (χ1v) is 6.35. The zero-order valence-electron chi connectivity index (χ0n) is 11.5. The van der Waals surface area contributed by atoms with Crippen molar-refractivity contribution in [2.75, 3.05) is 13.6 Å². The molecule has 2 aromatic rings. The van der Waals surface area contributed by atoms with Gasteiger partial charge >= 0.3 is 5.97 Å². The van der Waals surface area contributed by atoms with Crippen LogP contribution in [0.25, 0.3) is 11.5 Å². The summed E-state index contributed by atoms with van der Waals surface area (Å²) in [5, 5.41) is 16.8. The van der Waals surface area contributed by atoms with Crippen molar-refractivity contribution in [2.45, 2.75) is 13.5 Å². The number of carboxylic acids is 1. The first kappa shape index (κ1) is 14.2. The molecule has 0 aliphatic heterocycles. The van der Waals surface area contributed by atoms with Crippen molar-refractivity contribution in [3.63, 3.8) is 0 Å². The number of nitrogens with zero attached hydrogens (tertiary/aromatic N) is 3. The normalized spacial score (nSPS) is 12.6. The van der Waals surface area contributed by atoms with Crippen molar-refractivity contribution in [1.82, 2.24) is 15.1 Å². The number of aromatic nitrogens is 2. The second-order valence-corrected chi connectivity index (χ2v) is 4.80. The predicted molar refractivity (Wildman–Crippen MR) is 72.9 cm³/mol. The van der Waals surface area contributed by atoms with Crippen molar-refractivity contribution in [2.24, 2.45) is 5.92 Å². The lowest BCUT2D eigenvalue weighted by Gasteiger charge is -2.16. The van der Waals surface area contributed by atoms with E-state index in [0.717, 1.165) is 5.56 Å². The molecule has 0 amide bonds. The van der Waals surface area contributed by atoms with Crippen LogP contribution in [0.15, 0.2) is 34.7 Å². The number of rotatable bonds is 6. The number of benzene rings is 1. The van der Waals surface area contributed by atoms with Gasteiger partial charge < -0.3 is 9.52 Å². The molecule has 1 aromatic heterocycles. The summed E-state index contributed by atoms with van der Waals surface area (Å²) in [7, 11) is 1.83. The highest BCUT2D eigenvalue weighted by Crippen LogP contribution is 2.17. The van der Waals surface area contributed by atoms with Crippen molar-refractivity contribution in [1.29, 1.82) is 0 Å². The maximum absolute atomic E-state index is 10.8. The van der Waals surface area contributed by atoms with Crippen LogP contribution < -0.4 is 0 Å². The molecule has 0 bridgehead atoms. The lowest BCUT2D eigenvalue weighted by Crippen LogP contribution is -2.28. The van der Waals surface area contributed by atoms with Gasteiger partial charge in [0.15, 0.2) is 0 Å². The summed E-state index contributed by atoms with van der Waals surface area (Å²) in [6.07, 6.45) is 0. The Labute approximate surface area is 117 Å². The van der Waals surface area contributed by atoms with Gasteiger partial charge in [-0.2, -0.15) is 0 Å². The fourth-order valence-electron chi connectivity index (χ4n) is 1.86. The molecule has 0 fully saturated rings. The molecule has 1 atom stereocenters. The molecule has 0 spiro atoms. The maximum atomic E-state index is 10.8. The fourth-order valence-corrected chi connectivity index (χ4v) is 1.86. The van der Waals surface area contributed by atoms with Gasteiger partial charge in [-0.05, 0) is 19.2 Å². The molecule has 6 nitrogen and oxygen atoms in total. The summed E-state index contributed by atoms with van der Waals surface area (Å²) in [5.74, 6) is -0.298. The van der Waals surface area contributed by atoms with E-state index in [1.165, 1.54) is 0 Å². The van der Waals surface area contributed by atoms with Crippen LogP contribution in [0, 0.1) is 5.92 Å². The van der Waals surface area contributed by atoms with Crippen LogP contribution in [0.4, 0.5) is 0 Å². The first-order chi connectivity index (χ1) is 9.56. The predicted octanol–water partition coefficient (Wildman–Crippen LogP) is 1.89. The number of hydrogen-bond donors (Lipinski definition) is 1. The Morgan fingerprint density at radius 3 is 2.70 bits per heavy atom. The van der Waals surface area contributed by atoms with Crippen LogP contribution >= 0.6 is 0 Å². The Morgan fingerprint density at radius 2 is 2.05 bits per heavy atom. The summed E-state index contributed by atoms with van der Waals surface area (Å²) in [4.78, 5) is 12.6. The van der Waals surface area contributed by atoms with E-state index in [-0.39, 0.29) is 0 Å². The van der Waals surface area contributed by atoms with Crippen LogP contribution in [0.1, 0.15) is 12.8 Å². The average Bonchev–Trinajstić information content (AvgIpc) is 2.88. The van der Waals surface area contributed by atoms with Crippen LogP contribution in [0.5, 0.6) is 0 Å². The number of carboxylic acid groups (broad SMARTS) is 1. The van der Waals surface area contributed by atoms with Crippen molar-refractivity contribution in [3.8, 4) is 11.5 Å². The van der Waals surface area contributed by atoms with Gasteiger partial charge in [0.1, 0.15) is 0 Å². The molecular formula is C14H17N3O3. The molecule has 1 unspecified atom stereocenters. The number of carbonyl (C=O) groups is 1. The van der Waals surface area contributed by atoms with Crippen LogP contribution in [0.2, 0.25) is 0 Å². The molecular weight excluding hydrogens is 258 g/mol. The van der Waals surface area contributed by atoms with E-state index in [0.29, 0.717) is 24.9 Å². The van der Waals surface area contributed by atoms with Crippen molar-refractivity contribution in [3.05, 3.63) is 36.2 Å². The highest BCUT2D eigenvalue weighted by Gasteiger charge is 2.16. The lowest BCUT2D eigenvalue weighted by molar-refractivity contribution is -0.141. The molecule has 0 saturated heterocycles.